The fourth-order valence-electron chi connectivity index (χ4n) is 1.35. The van der Waals surface area contributed by atoms with E-state index in [0.29, 0.717) is 0 Å². The van der Waals surface area contributed by atoms with E-state index in [4.69, 9.17) is 0 Å². The molecular formula is C12H19N2. The van der Waals surface area contributed by atoms with Gasteiger partial charge in [-0.15, -0.1) is 0 Å². The van der Waals surface area contributed by atoms with Crippen molar-refractivity contribution in [3.8, 4) is 0 Å². The van der Waals surface area contributed by atoms with Crippen molar-refractivity contribution in [1.29, 1.82) is 0 Å². The molecule has 0 amide bonds. The molecule has 0 heterocycles. The van der Waals surface area contributed by atoms with E-state index in [1.54, 1.807) is 0 Å². The van der Waals surface area contributed by atoms with Crippen LogP contribution in [0.1, 0.15) is 25.8 Å². The van der Waals surface area contributed by atoms with Gasteiger partial charge in [-0.1, -0.05) is 44.2 Å². The molecule has 0 saturated carbocycles. The highest BCUT2D eigenvalue weighted by molar-refractivity contribution is 5.13. The molecule has 77 valence electrons. The molecule has 1 aromatic rings. The normalized spacial score (nSPS) is 10.8. The number of benzene rings is 1. The summed E-state index contributed by atoms with van der Waals surface area (Å²) in [5.74, 6) is 0. The Balaban J connectivity index is 2.32. The number of hydrogen-bond acceptors (Lipinski definition) is 1. The molecule has 1 rings (SSSR count). The minimum Gasteiger partial charge on any atom is -0.227 e. The molecular weight excluding hydrogens is 172 g/mol. The van der Waals surface area contributed by atoms with Crippen LogP contribution < -0.4 is 5.43 Å². The first kappa shape index (κ1) is 11.2. The van der Waals surface area contributed by atoms with Gasteiger partial charge in [-0.25, -0.2) is 5.01 Å². The molecule has 0 aliphatic rings. The Hall–Kier alpha value is -0.860. The van der Waals surface area contributed by atoms with Gasteiger partial charge < -0.3 is 0 Å². The highest BCUT2D eigenvalue weighted by Crippen LogP contribution is 1.99. The van der Waals surface area contributed by atoms with E-state index < -0.39 is 0 Å². The summed E-state index contributed by atoms with van der Waals surface area (Å²) in [5, 5.41) is 2.13. The van der Waals surface area contributed by atoms with Crippen LogP contribution in [0.15, 0.2) is 30.3 Å². The van der Waals surface area contributed by atoms with E-state index in [9.17, 15) is 0 Å². The highest BCUT2D eigenvalue weighted by Gasteiger charge is 2.00. The molecule has 0 saturated heterocycles. The lowest BCUT2D eigenvalue weighted by molar-refractivity contribution is 0.186. The SMILES string of the molecule is CCCN(CC)[N]Cc1ccccc1. The van der Waals surface area contributed by atoms with Crippen LogP contribution >= 0.6 is 0 Å². The Kier molecular flexibility index (Phi) is 5.27. The standard InChI is InChI=1S/C12H19N2/c1-3-10-14(4-2)13-11-12-8-6-5-7-9-12/h5-9H,3-4,10-11H2,1-2H3. The number of hydrogen-bond donors (Lipinski definition) is 0. The second-order valence-electron chi connectivity index (χ2n) is 3.33. The van der Waals surface area contributed by atoms with Gasteiger partial charge in [-0.05, 0) is 12.0 Å². The minimum atomic E-state index is 0.800. The van der Waals surface area contributed by atoms with Gasteiger partial charge in [0, 0.05) is 13.1 Å². The Bertz CT molecular complexity index is 233. The maximum Gasteiger partial charge on any atom is 0.0557 e. The third-order valence-corrected chi connectivity index (χ3v) is 2.14. The van der Waals surface area contributed by atoms with E-state index in [-0.39, 0.29) is 0 Å². The van der Waals surface area contributed by atoms with Crippen LogP contribution in [0.25, 0.3) is 0 Å². The van der Waals surface area contributed by atoms with Crippen LogP contribution in [0.3, 0.4) is 0 Å². The smallest absolute Gasteiger partial charge is 0.0557 e. The molecule has 0 aliphatic heterocycles. The predicted octanol–water partition coefficient (Wildman–Crippen LogP) is 2.44. The van der Waals surface area contributed by atoms with Gasteiger partial charge in [0.05, 0.1) is 6.54 Å². The zero-order chi connectivity index (χ0) is 10.2. The number of rotatable bonds is 6. The van der Waals surface area contributed by atoms with Crippen molar-refractivity contribution in [3.05, 3.63) is 35.9 Å². The molecule has 2 nitrogen and oxygen atoms in total. The fourth-order valence-corrected chi connectivity index (χ4v) is 1.35. The second-order valence-corrected chi connectivity index (χ2v) is 3.33. The van der Waals surface area contributed by atoms with Gasteiger partial charge in [0.2, 0.25) is 0 Å². The van der Waals surface area contributed by atoms with Crippen LogP contribution in [-0.2, 0) is 6.54 Å². The van der Waals surface area contributed by atoms with Crippen LogP contribution in [-0.4, -0.2) is 18.1 Å². The molecule has 0 atom stereocenters. The molecule has 0 unspecified atom stereocenters. The third kappa shape index (κ3) is 3.90. The maximum atomic E-state index is 4.54. The molecule has 0 spiro atoms. The summed E-state index contributed by atoms with van der Waals surface area (Å²) in [7, 11) is 0. The first-order valence-corrected chi connectivity index (χ1v) is 5.33. The van der Waals surface area contributed by atoms with E-state index in [2.05, 4.69) is 48.5 Å². The average Bonchev–Trinajstić information content (AvgIpc) is 2.25. The Labute approximate surface area is 86.9 Å². The number of nitrogens with zero attached hydrogens (tertiary/aromatic N) is 2. The first-order valence-electron chi connectivity index (χ1n) is 5.33. The summed E-state index contributed by atoms with van der Waals surface area (Å²) in [6.07, 6.45) is 1.16. The van der Waals surface area contributed by atoms with Gasteiger partial charge in [-0.3, -0.25) is 0 Å². The fraction of sp³-hybridized carbons (Fsp3) is 0.500. The summed E-state index contributed by atoms with van der Waals surface area (Å²) in [5.41, 5.74) is 5.82. The molecule has 0 aromatic heterocycles. The zero-order valence-electron chi connectivity index (χ0n) is 9.11. The van der Waals surface area contributed by atoms with Crippen molar-refractivity contribution >= 4 is 0 Å². The Morgan fingerprint density at radius 2 is 1.86 bits per heavy atom. The molecule has 2 heteroatoms. The van der Waals surface area contributed by atoms with Crippen molar-refractivity contribution in [3.63, 3.8) is 0 Å². The lowest BCUT2D eigenvalue weighted by Crippen LogP contribution is -2.32. The molecule has 0 aliphatic carbocycles. The average molecular weight is 191 g/mol. The van der Waals surface area contributed by atoms with Crippen molar-refractivity contribution in [2.24, 2.45) is 0 Å². The van der Waals surface area contributed by atoms with E-state index in [1.807, 2.05) is 6.07 Å². The molecule has 1 radical (unpaired) electrons. The highest BCUT2D eigenvalue weighted by atomic mass is 15.5. The zero-order valence-corrected chi connectivity index (χ0v) is 9.11. The van der Waals surface area contributed by atoms with E-state index >= 15 is 0 Å². The van der Waals surface area contributed by atoms with Crippen molar-refractivity contribution in [2.45, 2.75) is 26.8 Å². The first-order chi connectivity index (χ1) is 6.86. The lowest BCUT2D eigenvalue weighted by atomic mass is 10.2. The van der Waals surface area contributed by atoms with Crippen molar-refractivity contribution < 1.29 is 0 Å². The van der Waals surface area contributed by atoms with Crippen LogP contribution in [0.4, 0.5) is 0 Å². The molecule has 1 aromatic carbocycles. The second kappa shape index (κ2) is 6.57. The molecule has 0 N–H and O–H groups in total. The summed E-state index contributed by atoms with van der Waals surface area (Å²) >= 11 is 0. The third-order valence-electron chi connectivity index (χ3n) is 2.14. The van der Waals surface area contributed by atoms with Gasteiger partial charge in [0.1, 0.15) is 0 Å². The summed E-state index contributed by atoms with van der Waals surface area (Å²) in [6, 6.07) is 10.4. The van der Waals surface area contributed by atoms with Crippen LogP contribution in [0.5, 0.6) is 0 Å². The van der Waals surface area contributed by atoms with Crippen molar-refractivity contribution in [2.75, 3.05) is 13.1 Å². The summed E-state index contributed by atoms with van der Waals surface area (Å²) < 4.78 is 0. The van der Waals surface area contributed by atoms with Gasteiger partial charge in [-0.2, -0.15) is 5.43 Å². The topological polar surface area (TPSA) is 17.3 Å². The van der Waals surface area contributed by atoms with E-state index in [0.717, 1.165) is 26.1 Å². The Morgan fingerprint density at radius 3 is 2.43 bits per heavy atom. The largest absolute Gasteiger partial charge is 0.227 e. The summed E-state index contributed by atoms with van der Waals surface area (Å²) in [4.78, 5) is 0. The molecule has 0 fully saturated rings. The van der Waals surface area contributed by atoms with Gasteiger partial charge in [0.25, 0.3) is 0 Å². The van der Waals surface area contributed by atoms with Crippen LogP contribution in [0.2, 0.25) is 0 Å². The predicted molar refractivity (Wildman–Crippen MR) is 59.8 cm³/mol. The quantitative estimate of drug-likeness (QED) is 0.631. The van der Waals surface area contributed by atoms with Gasteiger partial charge >= 0.3 is 0 Å². The minimum absolute atomic E-state index is 0.800. The van der Waals surface area contributed by atoms with Crippen LogP contribution in [0, 0.1) is 0 Å². The molecule has 14 heavy (non-hydrogen) atoms. The lowest BCUT2D eigenvalue weighted by Gasteiger charge is -2.18. The van der Waals surface area contributed by atoms with Crippen molar-refractivity contribution in [1.82, 2.24) is 10.4 Å². The van der Waals surface area contributed by atoms with E-state index in [1.165, 1.54) is 5.56 Å². The Morgan fingerprint density at radius 1 is 1.14 bits per heavy atom. The monoisotopic (exact) mass is 191 g/mol. The van der Waals surface area contributed by atoms with Gasteiger partial charge in [0.15, 0.2) is 0 Å². The molecule has 0 bridgehead atoms. The maximum absolute atomic E-state index is 4.54. The summed E-state index contributed by atoms with van der Waals surface area (Å²) in [6.45, 7) is 7.18.